The summed E-state index contributed by atoms with van der Waals surface area (Å²) in [5.74, 6) is 1.80. The van der Waals surface area contributed by atoms with Crippen molar-refractivity contribution in [1.82, 2.24) is 0 Å². The van der Waals surface area contributed by atoms with E-state index in [1.54, 1.807) is 0 Å². The van der Waals surface area contributed by atoms with E-state index in [2.05, 4.69) is 62.6 Å². The highest BCUT2D eigenvalue weighted by molar-refractivity contribution is 5.47. The van der Waals surface area contributed by atoms with Crippen LogP contribution in [0.3, 0.4) is 0 Å². The van der Waals surface area contributed by atoms with Gasteiger partial charge in [0.2, 0.25) is 0 Å². The van der Waals surface area contributed by atoms with Gasteiger partial charge < -0.3 is 20.1 Å². The van der Waals surface area contributed by atoms with E-state index in [1.165, 1.54) is 38.5 Å². The maximum atomic E-state index is 5.85. The molecule has 172 valence electrons. The molecule has 0 fully saturated rings. The summed E-state index contributed by atoms with van der Waals surface area (Å²) in [6, 6.07) is 17.5. The lowest BCUT2D eigenvalue weighted by molar-refractivity contribution is 0.247. The number of unbranched alkanes of at least 4 members (excludes halogenated alkanes) is 2. The molecule has 4 nitrogen and oxygen atoms in total. The van der Waals surface area contributed by atoms with Gasteiger partial charge in [0.05, 0.1) is 13.2 Å². The average molecular weight is 427 g/mol. The second-order valence-corrected chi connectivity index (χ2v) is 8.47. The van der Waals surface area contributed by atoms with Crippen LogP contribution < -0.4 is 20.1 Å². The first-order valence-electron chi connectivity index (χ1n) is 12.1. The number of ether oxygens (including phenoxy) is 2. The van der Waals surface area contributed by atoms with Gasteiger partial charge >= 0.3 is 0 Å². The number of rotatable bonds is 16. The van der Waals surface area contributed by atoms with Gasteiger partial charge in [0.15, 0.2) is 0 Å². The van der Waals surface area contributed by atoms with Crippen LogP contribution in [-0.4, -0.2) is 25.3 Å². The molecular weight excluding hydrogens is 384 g/mol. The normalized spacial score (nSPS) is 12.8. The van der Waals surface area contributed by atoms with Crippen LogP contribution in [0.1, 0.15) is 72.6 Å². The molecule has 4 heteroatoms. The first-order valence-corrected chi connectivity index (χ1v) is 12.1. The third-order valence-electron chi connectivity index (χ3n) is 5.34. The summed E-state index contributed by atoms with van der Waals surface area (Å²) in [5, 5.41) is 7.08. The van der Waals surface area contributed by atoms with Crippen molar-refractivity contribution in [3.63, 3.8) is 0 Å². The lowest BCUT2D eigenvalue weighted by Crippen LogP contribution is -2.14. The van der Waals surface area contributed by atoms with Gasteiger partial charge in [0, 0.05) is 29.9 Å². The Bertz CT molecular complexity index is 639. The highest BCUT2D eigenvalue weighted by Gasteiger charge is 2.03. The fraction of sp³-hybridized carbons (Fsp3) is 0.556. The van der Waals surface area contributed by atoms with Crippen LogP contribution in [0.25, 0.3) is 0 Å². The Hall–Kier alpha value is -2.36. The van der Waals surface area contributed by atoms with Crippen molar-refractivity contribution in [2.24, 2.45) is 0 Å². The van der Waals surface area contributed by atoms with E-state index in [0.29, 0.717) is 25.3 Å². The lowest BCUT2D eigenvalue weighted by atomic mass is 10.1. The number of anilines is 2. The van der Waals surface area contributed by atoms with Crippen LogP contribution in [0.2, 0.25) is 0 Å². The van der Waals surface area contributed by atoms with E-state index in [1.807, 2.05) is 24.3 Å². The van der Waals surface area contributed by atoms with Gasteiger partial charge in [-0.15, -0.1) is 0 Å². The zero-order valence-electron chi connectivity index (χ0n) is 20.0. The summed E-state index contributed by atoms with van der Waals surface area (Å²) < 4.78 is 11.7. The molecule has 0 aliphatic heterocycles. The maximum Gasteiger partial charge on any atom is 0.119 e. The Balaban J connectivity index is 1.61. The van der Waals surface area contributed by atoms with E-state index >= 15 is 0 Å². The van der Waals surface area contributed by atoms with Crippen LogP contribution in [0.4, 0.5) is 11.4 Å². The Labute approximate surface area is 189 Å². The smallest absolute Gasteiger partial charge is 0.119 e. The van der Waals surface area contributed by atoms with E-state index in [-0.39, 0.29) is 0 Å². The second-order valence-electron chi connectivity index (χ2n) is 8.47. The topological polar surface area (TPSA) is 42.5 Å². The SMILES string of the molecule is CCCCC(C)Nc1ccc(OCCCOc2ccc(NC(C)CCCC)cc2)cc1. The highest BCUT2D eigenvalue weighted by atomic mass is 16.5. The number of benzene rings is 2. The quantitative estimate of drug-likeness (QED) is 0.272. The molecule has 31 heavy (non-hydrogen) atoms. The monoisotopic (exact) mass is 426 g/mol. The third kappa shape index (κ3) is 10.5. The minimum atomic E-state index is 0.498. The van der Waals surface area contributed by atoms with Gasteiger partial charge in [-0.25, -0.2) is 0 Å². The van der Waals surface area contributed by atoms with Crippen molar-refractivity contribution < 1.29 is 9.47 Å². The summed E-state index contributed by atoms with van der Waals surface area (Å²) in [7, 11) is 0. The molecule has 0 spiro atoms. The molecule has 0 aliphatic rings. The zero-order chi connectivity index (χ0) is 22.3. The minimum absolute atomic E-state index is 0.498. The van der Waals surface area contributed by atoms with E-state index in [9.17, 15) is 0 Å². The zero-order valence-corrected chi connectivity index (χ0v) is 20.0. The fourth-order valence-electron chi connectivity index (χ4n) is 3.47. The summed E-state index contributed by atoms with van der Waals surface area (Å²) >= 11 is 0. The molecular formula is C27H42N2O2. The summed E-state index contributed by atoms with van der Waals surface area (Å²) in [5.41, 5.74) is 2.30. The summed E-state index contributed by atoms with van der Waals surface area (Å²) in [4.78, 5) is 0. The van der Waals surface area contributed by atoms with Gasteiger partial charge in [-0.3, -0.25) is 0 Å². The van der Waals surface area contributed by atoms with Crippen molar-refractivity contribution >= 4 is 11.4 Å². The second kappa shape index (κ2) is 14.6. The Morgan fingerprint density at radius 3 is 1.35 bits per heavy atom. The van der Waals surface area contributed by atoms with Crippen LogP contribution in [0, 0.1) is 0 Å². The van der Waals surface area contributed by atoms with Crippen molar-refractivity contribution in [2.75, 3.05) is 23.8 Å². The fourth-order valence-corrected chi connectivity index (χ4v) is 3.47. The van der Waals surface area contributed by atoms with Crippen molar-refractivity contribution in [2.45, 2.75) is 84.7 Å². The molecule has 0 aliphatic carbocycles. The van der Waals surface area contributed by atoms with E-state index in [0.717, 1.165) is 29.3 Å². The molecule has 2 aromatic rings. The summed E-state index contributed by atoms with van der Waals surface area (Å²) in [6.45, 7) is 10.2. The van der Waals surface area contributed by atoms with Crippen molar-refractivity contribution in [1.29, 1.82) is 0 Å². The highest BCUT2D eigenvalue weighted by Crippen LogP contribution is 2.19. The van der Waals surface area contributed by atoms with Gasteiger partial charge in [0.25, 0.3) is 0 Å². The Morgan fingerprint density at radius 1 is 0.613 bits per heavy atom. The van der Waals surface area contributed by atoms with Crippen LogP contribution in [0.15, 0.2) is 48.5 Å². The molecule has 2 rings (SSSR count). The van der Waals surface area contributed by atoms with Gasteiger partial charge in [-0.2, -0.15) is 0 Å². The molecule has 0 saturated heterocycles. The van der Waals surface area contributed by atoms with Crippen molar-refractivity contribution in [3.8, 4) is 11.5 Å². The van der Waals surface area contributed by atoms with Crippen molar-refractivity contribution in [3.05, 3.63) is 48.5 Å². The number of hydrogen-bond acceptors (Lipinski definition) is 4. The molecule has 0 heterocycles. The molecule has 0 radical (unpaired) electrons. The molecule has 0 saturated carbocycles. The number of nitrogens with one attached hydrogen (secondary N) is 2. The van der Waals surface area contributed by atoms with Crippen LogP contribution >= 0.6 is 0 Å². The molecule has 0 aromatic heterocycles. The minimum Gasteiger partial charge on any atom is -0.493 e. The molecule has 0 amide bonds. The number of hydrogen-bond donors (Lipinski definition) is 2. The third-order valence-corrected chi connectivity index (χ3v) is 5.34. The summed E-state index contributed by atoms with van der Waals surface area (Å²) in [6.07, 6.45) is 8.25. The molecule has 2 atom stereocenters. The van der Waals surface area contributed by atoms with Gasteiger partial charge in [-0.1, -0.05) is 39.5 Å². The molecule has 2 N–H and O–H groups in total. The van der Waals surface area contributed by atoms with E-state index < -0.39 is 0 Å². The van der Waals surface area contributed by atoms with Crippen LogP contribution in [-0.2, 0) is 0 Å². The van der Waals surface area contributed by atoms with E-state index in [4.69, 9.17) is 9.47 Å². The molecule has 2 aromatic carbocycles. The lowest BCUT2D eigenvalue weighted by Gasteiger charge is -2.15. The van der Waals surface area contributed by atoms with Gasteiger partial charge in [-0.05, 0) is 75.2 Å². The maximum absolute atomic E-state index is 5.85. The average Bonchev–Trinajstić information content (AvgIpc) is 2.78. The van der Waals surface area contributed by atoms with Crippen LogP contribution in [0.5, 0.6) is 11.5 Å². The first kappa shape index (κ1) is 24.9. The Kier molecular flexibility index (Phi) is 11.7. The predicted octanol–water partition coefficient (Wildman–Crippen LogP) is 7.52. The predicted molar refractivity (Wildman–Crippen MR) is 134 cm³/mol. The molecule has 2 unspecified atom stereocenters. The van der Waals surface area contributed by atoms with Gasteiger partial charge in [0.1, 0.15) is 11.5 Å². The largest absolute Gasteiger partial charge is 0.493 e. The first-order chi connectivity index (χ1) is 15.1. The molecule has 0 bridgehead atoms. The standard InChI is InChI=1S/C27H42N2O2/c1-5-7-10-22(3)28-24-12-16-26(17-13-24)30-20-9-21-31-27-18-14-25(15-19-27)29-23(4)11-8-6-2/h12-19,22-23,28-29H,5-11,20-21H2,1-4H3. The Morgan fingerprint density at radius 2 is 1.00 bits per heavy atom.